The van der Waals surface area contributed by atoms with E-state index in [-0.39, 0.29) is 5.95 Å². The molecule has 1 unspecified atom stereocenters. The number of fused-ring (bicyclic) bond motifs is 4. The molecular formula is C17H14F5N3O. The summed E-state index contributed by atoms with van der Waals surface area (Å²) >= 11 is 0. The van der Waals surface area contributed by atoms with E-state index in [0.29, 0.717) is 23.9 Å². The normalized spacial score (nSPS) is 26.8. The number of nitrogens with zero attached hydrogens (tertiary/aromatic N) is 3. The van der Waals surface area contributed by atoms with Gasteiger partial charge in [-0.15, -0.1) is 0 Å². The van der Waals surface area contributed by atoms with Gasteiger partial charge in [-0.05, 0) is 31.4 Å². The minimum Gasteiger partial charge on any atom is -0.285 e. The van der Waals surface area contributed by atoms with E-state index >= 15 is 0 Å². The van der Waals surface area contributed by atoms with Gasteiger partial charge in [0.1, 0.15) is 11.5 Å². The summed E-state index contributed by atoms with van der Waals surface area (Å²) in [5.74, 6) is -10.7. The van der Waals surface area contributed by atoms with Gasteiger partial charge in [0.15, 0.2) is 0 Å². The zero-order chi connectivity index (χ0) is 18.5. The van der Waals surface area contributed by atoms with Crippen LogP contribution in [0.2, 0.25) is 0 Å². The van der Waals surface area contributed by atoms with Crippen LogP contribution in [-0.2, 0) is 10.5 Å². The third-order valence-electron chi connectivity index (χ3n) is 5.96. The number of rotatable bonds is 2. The summed E-state index contributed by atoms with van der Waals surface area (Å²) in [5, 5.41) is 0. The number of anilines is 1. The molecule has 1 atom stereocenters. The molecule has 0 bridgehead atoms. The molecule has 9 heteroatoms. The van der Waals surface area contributed by atoms with Crippen molar-refractivity contribution in [3.63, 3.8) is 0 Å². The summed E-state index contributed by atoms with van der Waals surface area (Å²) in [4.78, 5) is 18.3. The van der Waals surface area contributed by atoms with E-state index in [4.69, 9.17) is 0 Å². The van der Waals surface area contributed by atoms with Gasteiger partial charge in [0.2, 0.25) is 11.9 Å². The zero-order valence-electron chi connectivity index (χ0n) is 13.5. The number of amides is 1. The molecule has 0 N–H and O–H groups in total. The first kappa shape index (κ1) is 16.0. The molecule has 2 aliphatic carbocycles. The molecule has 3 aliphatic rings. The third kappa shape index (κ3) is 1.69. The average molecular weight is 371 g/mol. The molecule has 2 heterocycles. The predicted octanol–water partition coefficient (Wildman–Crippen LogP) is 4.04. The number of hydrogen-bond acceptors (Lipinski definition) is 2. The van der Waals surface area contributed by atoms with Crippen LogP contribution in [0.15, 0.2) is 18.2 Å². The number of carbonyl (C=O) groups excluding carboxylic acids is 1. The first-order chi connectivity index (χ1) is 12.2. The molecule has 1 aromatic heterocycles. The monoisotopic (exact) mass is 371 g/mol. The Morgan fingerprint density at radius 1 is 1.23 bits per heavy atom. The molecule has 1 amide bonds. The van der Waals surface area contributed by atoms with Gasteiger partial charge in [-0.2, -0.15) is 17.6 Å². The quantitative estimate of drug-likeness (QED) is 0.748. The van der Waals surface area contributed by atoms with Crippen LogP contribution in [-0.4, -0.2) is 27.3 Å². The van der Waals surface area contributed by atoms with Gasteiger partial charge in [0.05, 0.1) is 11.0 Å². The fourth-order valence-corrected chi connectivity index (χ4v) is 4.37. The number of halogens is 5. The van der Waals surface area contributed by atoms with Crippen LogP contribution < -0.4 is 4.90 Å². The lowest BCUT2D eigenvalue weighted by atomic mass is 9.73. The van der Waals surface area contributed by atoms with Crippen LogP contribution in [0.3, 0.4) is 0 Å². The minimum atomic E-state index is -4.16. The second-order valence-corrected chi connectivity index (χ2v) is 7.38. The van der Waals surface area contributed by atoms with Crippen molar-refractivity contribution in [3.8, 4) is 0 Å². The van der Waals surface area contributed by atoms with Crippen LogP contribution in [0.5, 0.6) is 0 Å². The van der Waals surface area contributed by atoms with Crippen molar-refractivity contribution in [2.75, 3.05) is 4.90 Å². The SMILES string of the molecule is O=C(CC1CC(F)(F)C1(F)F)N1c2nc3cc(F)ccc3n2C12CCC2. The van der Waals surface area contributed by atoms with Crippen molar-refractivity contribution in [1.82, 2.24) is 9.55 Å². The van der Waals surface area contributed by atoms with Crippen LogP contribution in [0, 0.1) is 11.7 Å². The fourth-order valence-electron chi connectivity index (χ4n) is 4.37. The molecule has 2 fully saturated rings. The first-order valence-electron chi connectivity index (χ1n) is 8.45. The highest BCUT2D eigenvalue weighted by molar-refractivity contribution is 5.99. The van der Waals surface area contributed by atoms with E-state index in [1.54, 1.807) is 6.07 Å². The molecule has 1 spiro atoms. The summed E-state index contributed by atoms with van der Waals surface area (Å²) in [6.07, 6.45) is 0.468. The lowest BCUT2D eigenvalue weighted by Crippen LogP contribution is -2.67. The number of hydrogen-bond donors (Lipinski definition) is 0. The number of alkyl halides is 4. The number of benzene rings is 1. The number of carbonyl (C=O) groups is 1. The number of aromatic nitrogens is 2. The van der Waals surface area contributed by atoms with Crippen LogP contribution in [0.1, 0.15) is 32.1 Å². The molecule has 26 heavy (non-hydrogen) atoms. The van der Waals surface area contributed by atoms with E-state index in [9.17, 15) is 26.7 Å². The Hall–Kier alpha value is -2.19. The van der Waals surface area contributed by atoms with Crippen LogP contribution in [0.4, 0.5) is 27.9 Å². The summed E-state index contributed by atoms with van der Waals surface area (Å²) < 4.78 is 68.4. The highest BCUT2D eigenvalue weighted by Gasteiger charge is 2.72. The molecule has 0 saturated heterocycles. The van der Waals surface area contributed by atoms with Gasteiger partial charge >= 0.3 is 11.8 Å². The Labute approximate surface area is 144 Å². The van der Waals surface area contributed by atoms with E-state index < -0.39 is 48.0 Å². The Balaban J connectivity index is 1.48. The van der Waals surface area contributed by atoms with E-state index in [1.165, 1.54) is 17.0 Å². The van der Waals surface area contributed by atoms with Crippen molar-refractivity contribution >= 4 is 22.9 Å². The van der Waals surface area contributed by atoms with Crippen molar-refractivity contribution in [2.24, 2.45) is 5.92 Å². The van der Waals surface area contributed by atoms with Crippen molar-refractivity contribution < 1.29 is 26.7 Å². The second-order valence-electron chi connectivity index (χ2n) is 7.38. The smallest absolute Gasteiger partial charge is 0.285 e. The van der Waals surface area contributed by atoms with E-state index in [2.05, 4.69) is 4.98 Å². The lowest BCUT2D eigenvalue weighted by molar-refractivity contribution is -0.313. The molecule has 138 valence electrons. The van der Waals surface area contributed by atoms with Gasteiger partial charge in [0.25, 0.3) is 0 Å². The molecule has 2 saturated carbocycles. The summed E-state index contributed by atoms with van der Waals surface area (Å²) in [5.41, 5.74) is 0.369. The van der Waals surface area contributed by atoms with E-state index in [0.717, 1.165) is 6.42 Å². The van der Waals surface area contributed by atoms with Gasteiger partial charge < -0.3 is 0 Å². The van der Waals surface area contributed by atoms with E-state index in [1.807, 2.05) is 4.57 Å². The molecule has 0 radical (unpaired) electrons. The van der Waals surface area contributed by atoms with Gasteiger partial charge in [0, 0.05) is 24.8 Å². The highest BCUT2D eigenvalue weighted by atomic mass is 19.3. The maximum atomic E-state index is 13.5. The molecule has 5 rings (SSSR count). The second kappa shape index (κ2) is 4.55. The van der Waals surface area contributed by atoms with Gasteiger partial charge in [-0.1, -0.05) is 0 Å². The summed E-state index contributed by atoms with van der Waals surface area (Å²) in [6, 6.07) is 4.12. The van der Waals surface area contributed by atoms with Crippen LogP contribution >= 0.6 is 0 Å². The standard InChI is InChI=1S/C17H14F5N3O/c18-10-2-3-12-11(7-10)23-14-24(12)15(4-1-5-15)25(14)13(26)6-9-8-16(19,20)17(9,21)22/h2-3,7,9H,1,4-6,8H2. The third-order valence-corrected chi connectivity index (χ3v) is 5.96. The Bertz CT molecular complexity index is 949. The zero-order valence-corrected chi connectivity index (χ0v) is 13.5. The largest absolute Gasteiger partial charge is 0.313 e. The topological polar surface area (TPSA) is 38.1 Å². The molecular weight excluding hydrogens is 357 g/mol. The molecule has 1 aromatic carbocycles. The minimum absolute atomic E-state index is 0.268. The molecule has 4 nitrogen and oxygen atoms in total. The maximum Gasteiger partial charge on any atom is 0.313 e. The van der Waals surface area contributed by atoms with Crippen LogP contribution in [0.25, 0.3) is 11.0 Å². The Morgan fingerprint density at radius 3 is 2.54 bits per heavy atom. The maximum absolute atomic E-state index is 13.5. The Morgan fingerprint density at radius 2 is 1.96 bits per heavy atom. The highest BCUT2D eigenvalue weighted by Crippen LogP contribution is 2.59. The average Bonchev–Trinajstić information content (AvgIpc) is 2.80. The predicted molar refractivity (Wildman–Crippen MR) is 81.6 cm³/mol. The fraction of sp³-hybridized carbons (Fsp3) is 0.529. The Kier molecular flexibility index (Phi) is 2.81. The van der Waals surface area contributed by atoms with Gasteiger partial charge in [-0.25, -0.2) is 9.37 Å². The van der Waals surface area contributed by atoms with Crippen molar-refractivity contribution in [1.29, 1.82) is 0 Å². The number of imidazole rings is 1. The van der Waals surface area contributed by atoms with Gasteiger partial charge in [-0.3, -0.25) is 14.3 Å². The summed E-state index contributed by atoms with van der Waals surface area (Å²) in [6.45, 7) is 0. The van der Waals surface area contributed by atoms with Crippen molar-refractivity contribution in [3.05, 3.63) is 24.0 Å². The molecule has 2 aromatic rings. The lowest BCUT2D eigenvalue weighted by Gasteiger charge is -2.58. The molecule has 1 aliphatic heterocycles. The first-order valence-corrected chi connectivity index (χ1v) is 8.45. The van der Waals surface area contributed by atoms with Crippen molar-refractivity contribution in [2.45, 2.75) is 49.6 Å². The summed E-state index contributed by atoms with van der Waals surface area (Å²) in [7, 11) is 0.